The van der Waals surface area contributed by atoms with Gasteiger partial charge in [0.1, 0.15) is 0 Å². The molecule has 0 atom stereocenters. The number of thiocarbonyl (C=S) groups is 1. The van der Waals surface area contributed by atoms with E-state index in [-0.39, 0.29) is 15.0 Å². The summed E-state index contributed by atoms with van der Waals surface area (Å²) in [6.07, 6.45) is 0. The predicted octanol–water partition coefficient (Wildman–Crippen LogP) is 3.38. The van der Waals surface area contributed by atoms with Crippen molar-refractivity contribution < 1.29 is 4.74 Å². The van der Waals surface area contributed by atoms with Gasteiger partial charge in [0.2, 0.25) is 0 Å². The molecule has 4 heteroatoms. The van der Waals surface area contributed by atoms with Crippen molar-refractivity contribution in [1.82, 2.24) is 0 Å². The molecule has 0 unspecified atom stereocenters. The van der Waals surface area contributed by atoms with Gasteiger partial charge in [-0.05, 0) is 0 Å². The molecule has 0 radical (unpaired) electrons. The zero-order valence-corrected chi connectivity index (χ0v) is 14.3. The molecule has 17 heavy (non-hydrogen) atoms. The van der Waals surface area contributed by atoms with Crippen LogP contribution in [0.15, 0.2) is 30.3 Å². The summed E-state index contributed by atoms with van der Waals surface area (Å²) in [4.78, 5) is 0. The molecule has 0 aliphatic carbocycles. The van der Waals surface area contributed by atoms with Gasteiger partial charge in [-0.3, -0.25) is 0 Å². The van der Waals surface area contributed by atoms with Crippen molar-refractivity contribution in [1.29, 1.82) is 0 Å². The zero-order chi connectivity index (χ0) is 12.7. The van der Waals surface area contributed by atoms with Gasteiger partial charge in [-0.15, -0.1) is 0 Å². The number of ether oxygens (including phenoxy) is 1. The molecule has 1 nitrogen and oxygen atoms in total. The molecule has 0 saturated heterocycles. The Hall–Kier alpha value is 0.00636. The first-order chi connectivity index (χ1) is 7.99. The van der Waals surface area contributed by atoms with Crippen LogP contribution < -0.4 is 0 Å². The number of benzene rings is 1. The molecule has 0 aromatic heterocycles. The third-order valence-corrected chi connectivity index (χ3v) is 6.47. The van der Waals surface area contributed by atoms with Crippen molar-refractivity contribution in [2.45, 2.75) is 25.7 Å². The minimum atomic E-state index is -0.949. The molecule has 0 saturated carbocycles. The normalized spacial score (nSPS) is 11.5. The Bertz CT molecular complexity index is 348. The average molecular weight is 331 g/mol. The minimum absolute atomic E-state index is 0.288. The molecule has 0 fully saturated rings. The monoisotopic (exact) mass is 332 g/mol. The van der Waals surface area contributed by atoms with Crippen molar-refractivity contribution in [2.75, 3.05) is 12.1 Å². The van der Waals surface area contributed by atoms with E-state index >= 15 is 0 Å². The van der Waals surface area contributed by atoms with Gasteiger partial charge in [-0.1, -0.05) is 0 Å². The summed E-state index contributed by atoms with van der Waals surface area (Å²) < 4.78 is 6.74. The van der Waals surface area contributed by atoms with Gasteiger partial charge in [-0.2, -0.15) is 0 Å². The van der Waals surface area contributed by atoms with Crippen LogP contribution in [0.1, 0.15) is 5.56 Å². The van der Waals surface area contributed by atoms with Gasteiger partial charge in [0.05, 0.1) is 0 Å². The fourth-order valence-corrected chi connectivity index (χ4v) is 3.61. The first-order valence-electron chi connectivity index (χ1n) is 5.79. The fraction of sp³-hybridized carbons (Fsp3) is 0.462. The Morgan fingerprint density at radius 3 is 2.47 bits per heavy atom. The van der Waals surface area contributed by atoms with Gasteiger partial charge in [-0.25, -0.2) is 0 Å². The number of hydrogen-bond donors (Lipinski definition) is 0. The van der Waals surface area contributed by atoms with Crippen LogP contribution in [0.5, 0.6) is 0 Å². The van der Waals surface area contributed by atoms with Crippen LogP contribution in [0, 0.1) is 0 Å². The van der Waals surface area contributed by atoms with Crippen molar-refractivity contribution in [3.63, 3.8) is 0 Å². The molecule has 0 spiro atoms. The van der Waals surface area contributed by atoms with E-state index in [0.717, 1.165) is 15.9 Å². The molecule has 0 aliphatic rings. The van der Waals surface area contributed by atoms with Crippen LogP contribution in [-0.2, 0) is 4.74 Å². The Labute approximate surface area is 117 Å². The summed E-state index contributed by atoms with van der Waals surface area (Å²) in [5, 5.41) is 0. The molecule has 0 bridgehead atoms. The standard InChI is InChI=1S/C13H20OSSeSi/c1-17(2,3)10-9-14-11-16-13(15)12-7-5-4-6-8-12/h4-8H,9-11H2,1-3H3. The maximum absolute atomic E-state index is 5.68. The Kier molecular flexibility index (Phi) is 6.60. The van der Waals surface area contributed by atoms with E-state index in [2.05, 4.69) is 31.8 Å². The zero-order valence-electron chi connectivity index (χ0n) is 10.7. The predicted molar refractivity (Wildman–Crippen MR) is 82.9 cm³/mol. The molecule has 0 N–H and O–H groups in total. The Morgan fingerprint density at radius 1 is 1.24 bits per heavy atom. The summed E-state index contributed by atoms with van der Waals surface area (Å²) in [5.41, 5.74) is 1.99. The summed E-state index contributed by atoms with van der Waals surface area (Å²) in [7, 11) is -0.949. The third-order valence-electron chi connectivity index (χ3n) is 2.28. The SMILES string of the molecule is C[Si](C)(C)CCOC[Se]C(=S)c1ccccc1. The van der Waals surface area contributed by atoms with Crippen molar-refractivity contribution in [2.24, 2.45) is 0 Å². The molecular weight excluding hydrogens is 311 g/mol. The van der Waals surface area contributed by atoms with Gasteiger partial charge in [0.15, 0.2) is 0 Å². The molecule has 0 amide bonds. The van der Waals surface area contributed by atoms with Gasteiger partial charge in [0.25, 0.3) is 0 Å². The Morgan fingerprint density at radius 2 is 1.88 bits per heavy atom. The summed E-state index contributed by atoms with van der Waals surface area (Å²) in [6, 6.07) is 11.5. The van der Waals surface area contributed by atoms with Crippen molar-refractivity contribution in [3.8, 4) is 0 Å². The molecule has 1 aromatic rings. The molecule has 1 rings (SSSR count). The van der Waals surface area contributed by atoms with E-state index in [1.165, 1.54) is 11.6 Å². The first kappa shape index (κ1) is 15.1. The maximum atomic E-state index is 5.68. The quantitative estimate of drug-likeness (QED) is 0.430. The van der Waals surface area contributed by atoms with Crippen LogP contribution in [-0.4, -0.2) is 38.9 Å². The molecule has 94 valence electrons. The van der Waals surface area contributed by atoms with Crippen LogP contribution in [0.2, 0.25) is 25.7 Å². The van der Waals surface area contributed by atoms with Crippen LogP contribution >= 0.6 is 12.2 Å². The molecule has 0 aliphatic heterocycles. The van der Waals surface area contributed by atoms with Crippen LogP contribution in [0.3, 0.4) is 0 Å². The second-order valence-electron chi connectivity index (χ2n) is 5.13. The summed E-state index contributed by atoms with van der Waals surface area (Å²) in [5.74, 6) is 0. The number of rotatable bonds is 7. The molecular formula is C13H20OSSeSi. The molecule has 1 aromatic carbocycles. The first-order valence-corrected chi connectivity index (χ1v) is 12.0. The summed E-state index contributed by atoms with van der Waals surface area (Å²) in [6.45, 7) is 8.01. The van der Waals surface area contributed by atoms with E-state index < -0.39 is 8.07 Å². The van der Waals surface area contributed by atoms with E-state index in [4.69, 9.17) is 17.0 Å². The number of hydrogen-bond acceptors (Lipinski definition) is 2. The van der Waals surface area contributed by atoms with E-state index in [9.17, 15) is 0 Å². The van der Waals surface area contributed by atoms with Gasteiger partial charge < -0.3 is 0 Å². The topological polar surface area (TPSA) is 9.23 Å². The summed E-state index contributed by atoms with van der Waals surface area (Å²) >= 11 is 5.69. The van der Waals surface area contributed by atoms with E-state index in [1.807, 2.05) is 18.2 Å². The molecule has 0 heterocycles. The van der Waals surface area contributed by atoms with Crippen molar-refractivity contribution >= 4 is 39.0 Å². The van der Waals surface area contributed by atoms with E-state index in [0.29, 0.717) is 0 Å². The van der Waals surface area contributed by atoms with E-state index in [1.54, 1.807) is 0 Å². The van der Waals surface area contributed by atoms with Gasteiger partial charge in [0, 0.05) is 0 Å². The fourth-order valence-electron chi connectivity index (χ4n) is 1.19. The van der Waals surface area contributed by atoms with Crippen LogP contribution in [0.25, 0.3) is 0 Å². The Balaban J connectivity index is 2.18. The second kappa shape index (κ2) is 7.44. The average Bonchev–Trinajstić information content (AvgIpc) is 2.28. The van der Waals surface area contributed by atoms with Crippen LogP contribution in [0.4, 0.5) is 0 Å². The second-order valence-corrected chi connectivity index (χ2v) is 13.7. The van der Waals surface area contributed by atoms with Gasteiger partial charge >= 0.3 is 117 Å². The third kappa shape index (κ3) is 7.12. The van der Waals surface area contributed by atoms with Crippen molar-refractivity contribution in [3.05, 3.63) is 35.9 Å².